The van der Waals surface area contributed by atoms with E-state index >= 15 is 0 Å². The number of carbonyl (C=O) groups is 1. The first-order valence-electron chi connectivity index (χ1n) is 8.06. The molecule has 25 heavy (non-hydrogen) atoms. The van der Waals surface area contributed by atoms with Crippen molar-refractivity contribution >= 4 is 23.2 Å². The van der Waals surface area contributed by atoms with E-state index in [0.717, 1.165) is 29.8 Å². The molecular formula is C19H20ClNO4. The van der Waals surface area contributed by atoms with E-state index in [4.69, 9.17) is 25.8 Å². The Morgan fingerprint density at radius 3 is 2.56 bits per heavy atom. The summed E-state index contributed by atoms with van der Waals surface area (Å²) in [5, 5.41) is 0.628. The third-order valence-electron chi connectivity index (χ3n) is 4.19. The van der Waals surface area contributed by atoms with E-state index in [9.17, 15) is 4.79 Å². The highest BCUT2D eigenvalue weighted by molar-refractivity contribution is 6.30. The highest BCUT2D eigenvalue weighted by Crippen LogP contribution is 2.38. The molecule has 0 fully saturated rings. The molecule has 0 unspecified atom stereocenters. The first kappa shape index (κ1) is 17.4. The number of anilines is 1. The van der Waals surface area contributed by atoms with E-state index in [2.05, 4.69) is 0 Å². The molecule has 0 aromatic heterocycles. The van der Waals surface area contributed by atoms with E-state index in [-0.39, 0.29) is 12.5 Å². The molecule has 1 aliphatic heterocycles. The lowest BCUT2D eigenvalue weighted by Crippen LogP contribution is -2.38. The molecule has 132 valence electrons. The predicted molar refractivity (Wildman–Crippen MR) is 97.2 cm³/mol. The number of carbonyl (C=O) groups excluding carboxylic acids is 1. The number of halogens is 1. The van der Waals surface area contributed by atoms with Crippen LogP contribution < -0.4 is 19.1 Å². The summed E-state index contributed by atoms with van der Waals surface area (Å²) in [6.45, 7) is 0.604. The Bertz CT molecular complexity index is 761. The van der Waals surface area contributed by atoms with Crippen LogP contribution in [0.5, 0.6) is 17.2 Å². The van der Waals surface area contributed by atoms with Gasteiger partial charge in [-0.25, -0.2) is 0 Å². The van der Waals surface area contributed by atoms with E-state index in [0.29, 0.717) is 23.1 Å². The molecule has 3 rings (SSSR count). The minimum absolute atomic E-state index is 0.0411. The molecule has 0 aliphatic carbocycles. The van der Waals surface area contributed by atoms with Crippen molar-refractivity contribution in [2.24, 2.45) is 0 Å². The van der Waals surface area contributed by atoms with Crippen LogP contribution in [-0.4, -0.2) is 33.3 Å². The standard InChI is InChI=1S/C19H20ClNO4/c1-23-15-10-17-16(18(11-15)24-2)4-3-9-21(17)19(22)12-25-14-7-5-13(20)6-8-14/h5-8,10-11H,3-4,9,12H2,1-2H3. The number of fused-ring (bicyclic) bond motifs is 1. The monoisotopic (exact) mass is 361 g/mol. The van der Waals surface area contributed by atoms with Crippen molar-refractivity contribution in [2.45, 2.75) is 12.8 Å². The van der Waals surface area contributed by atoms with Crippen LogP contribution in [0.1, 0.15) is 12.0 Å². The maximum atomic E-state index is 12.7. The van der Waals surface area contributed by atoms with Gasteiger partial charge in [-0.3, -0.25) is 4.79 Å². The third kappa shape index (κ3) is 3.82. The zero-order valence-corrected chi connectivity index (χ0v) is 15.0. The number of amides is 1. The van der Waals surface area contributed by atoms with E-state index in [1.54, 1.807) is 43.4 Å². The lowest BCUT2D eigenvalue weighted by molar-refractivity contribution is -0.120. The van der Waals surface area contributed by atoms with Gasteiger partial charge in [0.1, 0.15) is 17.2 Å². The number of methoxy groups -OCH3 is 2. The Kier molecular flexibility index (Phi) is 5.34. The summed E-state index contributed by atoms with van der Waals surface area (Å²) in [5.74, 6) is 1.91. The molecule has 0 radical (unpaired) electrons. The van der Waals surface area contributed by atoms with Gasteiger partial charge in [0.2, 0.25) is 0 Å². The molecule has 2 aromatic rings. The first-order valence-corrected chi connectivity index (χ1v) is 8.44. The van der Waals surface area contributed by atoms with Gasteiger partial charge in [0.05, 0.1) is 19.9 Å². The summed E-state index contributed by atoms with van der Waals surface area (Å²) in [6.07, 6.45) is 1.74. The molecule has 0 saturated heterocycles. The Balaban J connectivity index is 1.79. The van der Waals surface area contributed by atoms with Crippen molar-refractivity contribution < 1.29 is 19.0 Å². The zero-order chi connectivity index (χ0) is 17.8. The van der Waals surface area contributed by atoms with Gasteiger partial charge in [-0.1, -0.05) is 11.6 Å². The van der Waals surface area contributed by atoms with E-state index in [1.165, 1.54) is 0 Å². The quantitative estimate of drug-likeness (QED) is 0.814. The Morgan fingerprint density at radius 2 is 1.88 bits per heavy atom. The SMILES string of the molecule is COc1cc(OC)c2c(c1)N(C(=O)COc1ccc(Cl)cc1)CCC2. The van der Waals surface area contributed by atoms with E-state index in [1.807, 2.05) is 12.1 Å². The summed E-state index contributed by atoms with van der Waals surface area (Å²) in [6, 6.07) is 10.7. The fourth-order valence-corrected chi connectivity index (χ4v) is 3.07. The van der Waals surface area contributed by atoms with Crippen LogP contribution in [0.2, 0.25) is 5.02 Å². The van der Waals surface area contributed by atoms with Crippen molar-refractivity contribution in [3.63, 3.8) is 0 Å². The molecule has 1 amide bonds. The van der Waals surface area contributed by atoms with Gasteiger partial charge in [-0.2, -0.15) is 0 Å². The average Bonchev–Trinajstić information content (AvgIpc) is 2.65. The topological polar surface area (TPSA) is 48.0 Å². The second kappa shape index (κ2) is 7.66. The highest BCUT2D eigenvalue weighted by Gasteiger charge is 2.26. The summed E-state index contributed by atoms with van der Waals surface area (Å²) in [7, 11) is 3.22. The van der Waals surface area contributed by atoms with Crippen LogP contribution in [0.15, 0.2) is 36.4 Å². The van der Waals surface area contributed by atoms with Crippen molar-refractivity contribution in [1.82, 2.24) is 0 Å². The van der Waals surface area contributed by atoms with E-state index < -0.39 is 0 Å². The highest BCUT2D eigenvalue weighted by atomic mass is 35.5. The molecule has 0 bridgehead atoms. The number of hydrogen-bond acceptors (Lipinski definition) is 4. The molecule has 6 heteroatoms. The summed E-state index contributed by atoms with van der Waals surface area (Å²) >= 11 is 5.86. The largest absolute Gasteiger partial charge is 0.497 e. The maximum Gasteiger partial charge on any atom is 0.264 e. The predicted octanol–water partition coefficient (Wildman–Crippen LogP) is 3.72. The number of hydrogen-bond donors (Lipinski definition) is 0. The number of benzene rings is 2. The molecule has 1 heterocycles. The van der Waals surface area contributed by atoms with Gasteiger partial charge >= 0.3 is 0 Å². The molecule has 1 aliphatic rings. The molecule has 0 saturated carbocycles. The molecule has 5 nitrogen and oxygen atoms in total. The van der Waals surface area contributed by atoms with Gasteiger partial charge in [0, 0.05) is 29.3 Å². The Morgan fingerprint density at radius 1 is 1.12 bits per heavy atom. The third-order valence-corrected chi connectivity index (χ3v) is 4.44. The number of ether oxygens (including phenoxy) is 3. The molecule has 0 N–H and O–H groups in total. The minimum Gasteiger partial charge on any atom is -0.497 e. The van der Waals surface area contributed by atoms with Gasteiger partial charge in [0.15, 0.2) is 6.61 Å². The van der Waals surface area contributed by atoms with Gasteiger partial charge in [-0.05, 0) is 37.1 Å². The van der Waals surface area contributed by atoms with Crippen molar-refractivity contribution in [3.05, 3.63) is 47.0 Å². The molecule has 2 aromatic carbocycles. The molecule has 0 spiro atoms. The Labute approximate surface area is 152 Å². The number of rotatable bonds is 5. The second-order valence-electron chi connectivity index (χ2n) is 5.72. The molecular weight excluding hydrogens is 342 g/mol. The fraction of sp³-hybridized carbons (Fsp3) is 0.316. The first-order chi connectivity index (χ1) is 12.1. The van der Waals surface area contributed by atoms with Crippen LogP contribution in [0, 0.1) is 0 Å². The average molecular weight is 362 g/mol. The number of nitrogens with zero attached hydrogens (tertiary/aromatic N) is 1. The van der Waals surface area contributed by atoms with Gasteiger partial charge < -0.3 is 19.1 Å². The summed E-state index contributed by atoms with van der Waals surface area (Å²) in [4.78, 5) is 14.4. The van der Waals surface area contributed by atoms with Gasteiger partial charge in [0.25, 0.3) is 5.91 Å². The van der Waals surface area contributed by atoms with Crippen LogP contribution in [0.25, 0.3) is 0 Å². The van der Waals surface area contributed by atoms with Crippen LogP contribution >= 0.6 is 11.6 Å². The zero-order valence-electron chi connectivity index (χ0n) is 14.3. The van der Waals surface area contributed by atoms with Crippen LogP contribution in [-0.2, 0) is 11.2 Å². The Hall–Kier alpha value is -2.40. The smallest absolute Gasteiger partial charge is 0.264 e. The van der Waals surface area contributed by atoms with Gasteiger partial charge in [-0.15, -0.1) is 0 Å². The maximum absolute atomic E-state index is 12.7. The lowest BCUT2D eigenvalue weighted by Gasteiger charge is -2.31. The second-order valence-corrected chi connectivity index (χ2v) is 6.16. The van der Waals surface area contributed by atoms with Crippen molar-refractivity contribution in [2.75, 3.05) is 32.3 Å². The van der Waals surface area contributed by atoms with Crippen molar-refractivity contribution in [1.29, 1.82) is 0 Å². The minimum atomic E-state index is -0.105. The summed E-state index contributed by atoms with van der Waals surface area (Å²) in [5.41, 5.74) is 1.85. The van der Waals surface area contributed by atoms with Crippen molar-refractivity contribution in [3.8, 4) is 17.2 Å². The summed E-state index contributed by atoms with van der Waals surface area (Å²) < 4.78 is 16.4. The molecule has 0 atom stereocenters. The lowest BCUT2D eigenvalue weighted by atomic mass is 10.00. The van der Waals surface area contributed by atoms with Crippen LogP contribution in [0.4, 0.5) is 5.69 Å². The fourth-order valence-electron chi connectivity index (χ4n) is 2.95. The normalized spacial score (nSPS) is 13.2. The van der Waals surface area contributed by atoms with Crippen LogP contribution in [0.3, 0.4) is 0 Å².